The Morgan fingerprint density at radius 3 is 2.44 bits per heavy atom. The van der Waals surface area contributed by atoms with Gasteiger partial charge in [0.1, 0.15) is 11.5 Å². The molecule has 0 fully saturated rings. The molecule has 1 aromatic rings. The van der Waals surface area contributed by atoms with Crippen molar-refractivity contribution in [3.05, 3.63) is 23.8 Å². The van der Waals surface area contributed by atoms with Gasteiger partial charge in [0.05, 0.1) is 11.0 Å². The van der Waals surface area contributed by atoms with E-state index >= 15 is 0 Å². The Balaban J connectivity index is 3.04. The molecule has 0 aromatic heterocycles. The van der Waals surface area contributed by atoms with Crippen LogP contribution in [-0.4, -0.2) is 16.9 Å². The lowest BCUT2D eigenvalue weighted by Gasteiger charge is -2.16. The molecule has 1 aromatic carbocycles. The van der Waals surface area contributed by atoms with E-state index in [1.807, 2.05) is 5.92 Å². The van der Waals surface area contributed by atoms with Crippen LogP contribution >= 0.6 is 0 Å². The summed E-state index contributed by atoms with van der Waals surface area (Å²) in [4.78, 5) is 23.0. The number of carbonyl (C=O) groups excluding carboxylic acids is 2. The van der Waals surface area contributed by atoms with Crippen LogP contribution in [0.4, 0.5) is 0 Å². The van der Waals surface area contributed by atoms with Crippen molar-refractivity contribution in [2.45, 2.75) is 20.8 Å². The van der Waals surface area contributed by atoms with Gasteiger partial charge in [0.2, 0.25) is 5.78 Å². The molecule has 0 aliphatic carbocycles. The quantitative estimate of drug-likeness (QED) is 0.285. The highest BCUT2D eigenvalue weighted by molar-refractivity contribution is 6.10. The van der Waals surface area contributed by atoms with Crippen LogP contribution in [0.2, 0.25) is 0 Å². The van der Waals surface area contributed by atoms with Crippen molar-refractivity contribution in [2.75, 3.05) is 0 Å². The number of hydrogen-bond acceptors (Lipinski definition) is 4. The average Bonchev–Trinajstić information content (AvgIpc) is 2.29. The fourth-order valence-electron chi connectivity index (χ4n) is 1.10. The van der Waals surface area contributed by atoms with Gasteiger partial charge in [-0.25, -0.2) is 0 Å². The molecule has 0 aliphatic heterocycles. The highest BCUT2D eigenvalue weighted by atomic mass is 16.5. The average molecular weight is 246 g/mol. The molecule has 4 nitrogen and oxygen atoms in total. The number of ketones is 1. The molecule has 0 unspecified atom stereocenters. The zero-order valence-electron chi connectivity index (χ0n) is 10.5. The molecule has 0 bridgehead atoms. The van der Waals surface area contributed by atoms with Crippen LogP contribution < -0.4 is 4.74 Å². The summed E-state index contributed by atoms with van der Waals surface area (Å²) in [7, 11) is 0. The van der Waals surface area contributed by atoms with Gasteiger partial charge in [-0.15, -0.1) is 6.42 Å². The number of rotatable bonds is 2. The van der Waals surface area contributed by atoms with Gasteiger partial charge in [0, 0.05) is 0 Å². The number of esters is 1. The SMILES string of the molecule is C#CC(=O)c1cc(OC(=O)C(C)(C)C)ccc1O. The largest absolute Gasteiger partial charge is 0.507 e. The second-order valence-electron chi connectivity index (χ2n) is 4.79. The molecule has 94 valence electrons. The number of phenols is 1. The summed E-state index contributed by atoms with van der Waals surface area (Å²) in [5, 5.41) is 9.47. The fraction of sp³-hybridized carbons (Fsp3) is 0.286. The first kappa shape index (κ1) is 13.8. The smallest absolute Gasteiger partial charge is 0.316 e. The molecule has 0 saturated carbocycles. The Bertz CT molecular complexity index is 530. The highest BCUT2D eigenvalue weighted by Gasteiger charge is 2.24. The number of hydrogen-bond donors (Lipinski definition) is 1. The van der Waals surface area contributed by atoms with Crippen molar-refractivity contribution in [1.82, 2.24) is 0 Å². The van der Waals surface area contributed by atoms with E-state index in [0.29, 0.717) is 0 Å². The minimum Gasteiger partial charge on any atom is -0.507 e. The van der Waals surface area contributed by atoms with Gasteiger partial charge in [-0.3, -0.25) is 9.59 Å². The molecule has 0 atom stereocenters. The monoisotopic (exact) mass is 246 g/mol. The highest BCUT2D eigenvalue weighted by Crippen LogP contribution is 2.25. The van der Waals surface area contributed by atoms with E-state index in [1.165, 1.54) is 18.2 Å². The molecular formula is C14H14O4. The molecule has 0 heterocycles. The first-order valence-electron chi connectivity index (χ1n) is 5.32. The number of ether oxygens (including phenoxy) is 1. The summed E-state index contributed by atoms with van der Waals surface area (Å²) in [5.41, 5.74) is -0.717. The molecule has 0 saturated heterocycles. The summed E-state index contributed by atoms with van der Waals surface area (Å²) >= 11 is 0. The van der Waals surface area contributed by atoms with Gasteiger partial charge >= 0.3 is 5.97 Å². The lowest BCUT2D eigenvalue weighted by molar-refractivity contribution is -0.143. The van der Waals surface area contributed by atoms with Crippen molar-refractivity contribution in [3.8, 4) is 23.8 Å². The van der Waals surface area contributed by atoms with Gasteiger partial charge in [-0.1, -0.05) is 0 Å². The van der Waals surface area contributed by atoms with Crippen LogP contribution in [-0.2, 0) is 4.79 Å². The van der Waals surface area contributed by atoms with Gasteiger partial charge in [0.15, 0.2) is 0 Å². The Hall–Kier alpha value is -2.28. The third-order valence-corrected chi connectivity index (χ3v) is 2.17. The maximum atomic E-state index is 11.7. The molecule has 1 rings (SSSR count). The third-order valence-electron chi connectivity index (χ3n) is 2.17. The zero-order valence-corrected chi connectivity index (χ0v) is 10.5. The van der Waals surface area contributed by atoms with E-state index in [9.17, 15) is 14.7 Å². The molecule has 0 aliphatic rings. The number of aromatic hydroxyl groups is 1. The number of benzene rings is 1. The molecule has 18 heavy (non-hydrogen) atoms. The third kappa shape index (κ3) is 3.11. The summed E-state index contributed by atoms with van der Waals surface area (Å²) < 4.78 is 5.10. The Labute approximate surface area is 106 Å². The molecule has 4 heteroatoms. The van der Waals surface area contributed by atoms with Crippen molar-refractivity contribution in [3.63, 3.8) is 0 Å². The van der Waals surface area contributed by atoms with Crippen LogP contribution in [0.1, 0.15) is 31.1 Å². The second kappa shape index (κ2) is 4.92. The molecule has 0 spiro atoms. The first-order valence-corrected chi connectivity index (χ1v) is 5.32. The van der Waals surface area contributed by atoms with Crippen molar-refractivity contribution in [1.29, 1.82) is 0 Å². The predicted molar refractivity (Wildman–Crippen MR) is 66.4 cm³/mol. The lowest BCUT2D eigenvalue weighted by atomic mass is 9.97. The van der Waals surface area contributed by atoms with E-state index in [-0.39, 0.29) is 17.1 Å². The van der Waals surface area contributed by atoms with Crippen molar-refractivity contribution in [2.24, 2.45) is 5.41 Å². The molecule has 0 radical (unpaired) electrons. The van der Waals surface area contributed by atoms with Gasteiger partial charge in [-0.05, 0) is 44.9 Å². The van der Waals surface area contributed by atoms with Crippen molar-refractivity contribution >= 4 is 11.8 Å². The standard InChI is InChI=1S/C14H14O4/c1-5-11(15)10-8-9(6-7-12(10)16)18-13(17)14(2,3)4/h1,6-8,16H,2-4H3. The second-order valence-corrected chi connectivity index (χ2v) is 4.79. The minimum absolute atomic E-state index is 0.0586. The fourth-order valence-corrected chi connectivity index (χ4v) is 1.10. The lowest BCUT2D eigenvalue weighted by Crippen LogP contribution is -2.25. The summed E-state index contributed by atoms with van der Waals surface area (Å²) in [6.45, 7) is 5.13. The van der Waals surface area contributed by atoms with Crippen LogP contribution in [0.3, 0.4) is 0 Å². The summed E-state index contributed by atoms with van der Waals surface area (Å²) in [6.07, 6.45) is 4.98. The van der Waals surface area contributed by atoms with Gasteiger partial charge in [-0.2, -0.15) is 0 Å². The van der Waals surface area contributed by atoms with Gasteiger partial charge < -0.3 is 9.84 Å². The number of terminal acetylenes is 1. The zero-order chi connectivity index (χ0) is 13.9. The van der Waals surface area contributed by atoms with E-state index in [0.717, 1.165) is 0 Å². The normalized spacial score (nSPS) is 10.6. The maximum absolute atomic E-state index is 11.7. The summed E-state index contributed by atoms with van der Waals surface area (Å²) in [5.74, 6) is 0.721. The number of Topliss-reactive ketones (excluding diaryl/α,β-unsaturated/α-hetero) is 1. The first-order chi connectivity index (χ1) is 8.25. The number of phenolic OH excluding ortho intramolecular Hbond substituents is 1. The minimum atomic E-state index is -0.666. The van der Waals surface area contributed by atoms with Crippen LogP contribution in [0.5, 0.6) is 11.5 Å². The molecular weight excluding hydrogens is 232 g/mol. The Morgan fingerprint density at radius 2 is 1.94 bits per heavy atom. The van der Waals surface area contributed by atoms with E-state index in [2.05, 4.69) is 0 Å². The van der Waals surface area contributed by atoms with E-state index in [1.54, 1.807) is 20.8 Å². The maximum Gasteiger partial charge on any atom is 0.316 e. The Morgan fingerprint density at radius 1 is 1.33 bits per heavy atom. The van der Waals surface area contributed by atoms with Crippen LogP contribution in [0, 0.1) is 17.8 Å². The van der Waals surface area contributed by atoms with Gasteiger partial charge in [0.25, 0.3) is 0 Å². The van der Waals surface area contributed by atoms with Crippen LogP contribution in [0.25, 0.3) is 0 Å². The molecule has 1 N–H and O–H groups in total. The van der Waals surface area contributed by atoms with Crippen molar-refractivity contribution < 1.29 is 19.4 Å². The predicted octanol–water partition coefficient (Wildman–Crippen LogP) is 2.16. The topological polar surface area (TPSA) is 63.6 Å². The number of carbonyl (C=O) groups is 2. The summed E-state index contributed by atoms with van der Waals surface area (Å²) in [6, 6.07) is 3.91. The molecule has 0 amide bonds. The van der Waals surface area contributed by atoms with E-state index in [4.69, 9.17) is 11.2 Å². The Kier molecular flexibility index (Phi) is 3.77. The van der Waals surface area contributed by atoms with E-state index < -0.39 is 17.2 Å². The van der Waals surface area contributed by atoms with Crippen LogP contribution in [0.15, 0.2) is 18.2 Å².